The van der Waals surface area contributed by atoms with Gasteiger partial charge in [0.15, 0.2) is 0 Å². The Morgan fingerprint density at radius 2 is 2.00 bits per heavy atom. The van der Waals surface area contributed by atoms with Gasteiger partial charge in [0.05, 0.1) is 34.2 Å². The summed E-state index contributed by atoms with van der Waals surface area (Å²) < 4.78 is 9.61. The fraction of sp³-hybridized carbons (Fsp3) is 0.455. The molecular formula is C11H14BrIN2O. The second kappa shape index (κ2) is 6.07. The predicted octanol–water partition coefficient (Wildman–Crippen LogP) is 3.80. The van der Waals surface area contributed by atoms with Gasteiger partial charge in [-0.3, -0.25) is 0 Å². The molecule has 88 valence electrons. The molecule has 16 heavy (non-hydrogen) atoms. The Morgan fingerprint density at radius 1 is 1.25 bits per heavy atom. The molecule has 1 aliphatic heterocycles. The highest BCUT2D eigenvalue weighted by Crippen LogP contribution is 2.28. The molecule has 0 amide bonds. The van der Waals surface area contributed by atoms with Gasteiger partial charge in [-0.25, -0.2) is 0 Å². The zero-order chi connectivity index (χ0) is 11.4. The van der Waals surface area contributed by atoms with Gasteiger partial charge in [-0.2, -0.15) is 0 Å². The van der Waals surface area contributed by atoms with Gasteiger partial charge in [0.2, 0.25) is 0 Å². The molecule has 0 spiro atoms. The van der Waals surface area contributed by atoms with Crippen LogP contribution in [0.1, 0.15) is 12.8 Å². The molecule has 1 aromatic carbocycles. The topological polar surface area (TPSA) is 33.3 Å². The number of rotatable bonds is 3. The van der Waals surface area contributed by atoms with Crippen LogP contribution in [0, 0.1) is 0 Å². The van der Waals surface area contributed by atoms with Crippen LogP contribution in [0.25, 0.3) is 0 Å². The van der Waals surface area contributed by atoms with Crippen LogP contribution in [-0.4, -0.2) is 19.3 Å². The summed E-state index contributed by atoms with van der Waals surface area (Å²) in [6.07, 6.45) is 2.15. The van der Waals surface area contributed by atoms with Crippen molar-refractivity contribution in [1.82, 2.24) is 0 Å². The van der Waals surface area contributed by atoms with Crippen molar-refractivity contribution >= 4 is 50.2 Å². The molecule has 0 bridgehead atoms. The lowest BCUT2D eigenvalue weighted by molar-refractivity contribution is 0.0904. The first-order chi connectivity index (χ1) is 7.79. The van der Waals surface area contributed by atoms with E-state index in [1.54, 1.807) is 0 Å². The fourth-order valence-electron chi connectivity index (χ4n) is 1.78. The van der Waals surface area contributed by atoms with E-state index in [4.69, 9.17) is 4.74 Å². The zero-order valence-corrected chi connectivity index (χ0v) is 12.5. The molecule has 0 saturated carbocycles. The van der Waals surface area contributed by atoms with E-state index in [0.29, 0.717) is 6.04 Å². The average Bonchev–Trinajstić information content (AvgIpc) is 2.31. The molecule has 5 heteroatoms. The van der Waals surface area contributed by atoms with Crippen molar-refractivity contribution in [3.8, 4) is 0 Å². The summed E-state index contributed by atoms with van der Waals surface area (Å²) in [7, 11) is 0. The third-order valence-electron chi connectivity index (χ3n) is 2.66. The first kappa shape index (κ1) is 12.4. The Hall–Kier alpha value is -0.0100. The van der Waals surface area contributed by atoms with Crippen LogP contribution in [0.4, 0.5) is 11.4 Å². The van der Waals surface area contributed by atoms with Crippen molar-refractivity contribution in [3.63, 3.8) is 0 Å². The van der Waals surface area contributed by atoms with Gasteiger partial charge >= 0.3 is 0 Å². The van der Waals surface area contributed by atoms with E-state index in [2.05, 4.69) is 59.8 Å². The molecule has 1 aromatic rings. The predicted molar refractivity (Wildman–Crippen MR) is 79.2 cm³/mol. The minimum atomic E-state index is 0.520. The van der Waals surface area contributed by atoms with Gasteiger partial charge in [-0.05, 0) is 31.0 Å². The van der Waals surface area contributed by atoms with E-state index < -0.39 is 0 Å². The molecule has 2 rings (SSSR count). The quantitative estimate of drug-likeness (QED) is 0.602. The highest BCUT2D eigenvalue weighted by Gasteiger charge is 2.14. The van der Waals surface area contributed by atoms with Gasteiger partial charge in [-0.1, -0.05) is 15.9 Å². The van der Waals surface area contributed by atoms with E-state index in [9.17, 15) is 0 Å². The average molecular weight is 397 g/mol. The molecule has 1 fully saturated rings. The summed E-state index contributed by atoms with van der Waals surface area (Å²) in [4.78, 5) is 0. The minimum absolute atomic E-state index is 0.520. The van der Waals surface area contributed by atoms with E-state index in [1.807, 2.05) is 6.07 Å². The minimum Gasteiger partial charge on any atom is -0.381 e. The second-order valence-electron chi connectivity index (χ2n) is 3.82. The van der Waals surface area contributed by atoms with Crippen molar-refractivity contribution in [2.24, 2.45) is 0 Å². The van der Waals surface area contributed by atoms with Crippen molar-refractivity contribution in [2.75, 3.05) is 22.1 Å². The summed E-state index contributed by atoms with van der Waals surface area (Å²) in [5, 5.41) is 3.56. The number of ether oxygens (including phenoxy) is 1. The largest absolute Gasteiger partial charge is 0.381 e. The lowest BCUT2D eigenvalue weighted by atomic mass is 10.1. The summed E-state index contributed by atoms with van der Waals surface area (Å²) in [5.41, 5.74) is 2.27. The molecule has 2 N–H and O–H groups in total. The van der Waals surface area contributed by atoms with Crippen LogP contribution in [-0.2, 0) is 4.74 Å². The highest BCUT2D eigenvalue weighted by molar-refractivity contribution is 14.1. The van der Waals surface area contributed by atoms with E-state index >= 15 is 0 Å². The number of anilines is 2. The number of halogens is 2. The molecule has 0 aliphatic carbocycles. The third kappa shape index (κ3) is 3.24. The van der Waals surface area contributed by atoms with Gasteiger partial charge in [0.25, 0.3) is 0 Å². The highest BCUT2D eigenvalue weighted by atomic mass is 127. The van der Waals surface area contributed by atoms with Crippen molar-refractivity contribution in [1.29, 1.82) is 0 Å². The fourth-order valence-corrected chi connectivity index (χ4v) is 2.61. The maximum Gasteiger partial charge on any atom is 0.0663 e. The molecule has 1 aliphatic rings. The molecule has 1 saturated heterocycles. The first-order valence-corrected chi connectivity index (χ1v) is 7.17. The lowest BCUT2D eigenvalue weighted by Gasteiger charge is -2.25. The molecule has 0 aromatic heterocycles. The third-order valence-corrected chi connectivity index (χ3v) is 3.74. The molecule has 0 unspecified atom stereocenters. The number of hydrogen-bond donors (Lipinski definition) is 2. The van der Waals surface area contributed by atoms with Gasteiger partial charge in [0, 0.05) is 23.7 Å². The van der Waals surface area contributed by atoms with E-state index in [-0.39, 0.29) is 0 Å². The maximum absolute atomic E-state index is 5.35. The van der Waals surface area contributed by atoms with Crippen LogP contribution >= 0.6 is 38.8 Å². The number of benzene rings is 1. The summed E-state index contributed by atoms with van der Waals surface area (Å²) >= 11 is 5.65. The van der Waals surface area contributed by atoms with Crippen molar-refractivity contribution in [2.45, 2.75) is 18.9 Å². The van der Waals surface area contributed by atoms with E-state index in [0.717, 1.165) is 41.9 Å². The summed E-state index contributed by atoms with van der Waals surface area (Å²) in [6, 6.07) is 6.73. The Balaban J connectivity index is 2.09. The molecule has 0 atom stereocenters. The van der Waals surface area contributed by atoms with Gasteiger partial charge in [0.1, 0.15) is 0 Å². The van der Waals surface area contributed by atoms with E-state index in [1.165, 1.54) is 0 Å². The zero-order valence-electron chi connectivity index (χ0n) is 8.80. The van der Waals surface area contributed by atoms with Crippen molar-refractivity contribution < 1.29 is 4.74 Å². The normalized spacial score (nSPS) is 17.1. The van der Waals surface area contributed by atoms with Crippen LogP contribution in [0.15, 0.2) is 22.7 Å². The lowest BCUT2D eigenvalue weighted by Crippen LogP contribution is -2.28. The van der Waals surface area contributed by atoms with Crippen LogP contribution in [0.3, 0.4) is 0 Å². The Bertz CT molecular complexity index is 356. The monoisotopic (exact) mass is 396 g/mol. The Morgan fingerprint density at radius 3 is 2.69 bits per heavy atom. The molecule has 0 radical (unpaired) electrons. The summed E-state index contributed by atoms with van der Waals surface area (Å²) in [6.45, 7) is 1.72. The number of hydrogen-bond acceptors (Lipinski definition) is 3. The van der Waals surface area contributed by atoms with Gasteiger partial charge in [-0.15, -0.1) is 0 Å². The van der Waals surface area contributed by atoms with Crippen molar-refractivity contribution in [3.05, 3.63) is 22.7 Å². The maximum atomic E-state index is 5.35. The molecule has 3 nitrogen and oxygen atoms in total. The van der Waals surface area contributed by atoms with Gasteiger partial charge < -0.3 is 13.6 Å². The number of nitrogens with one attached hydrogen (secondary N) is 2. The Labute approximate surface area is 118 Å². The summed E-state index contributed by atoms with van der Waals surface area (Å²) in [5.74, 6) is 0. The van der Waals surface area contributed by atoms with Crippen LogP contribution in [0.2, 0.25) is 0 Å². The standard InChI is InChI=1S/C11H14BrIN2O/c12-8-1-2-10(15-13)11(7-8)14-9-3-5-16-6-4-9/h1-2,7,9,14-15H,3-6H2. The molecular weight excluding hydrogens is 383 g/mol. The second-order valence-corrected chi connectivity index (χ2v) is 5.27. The first-order valence-electron chi connectivity index (χ1n) is 5.30. The van der Waals surface area contributed by atoms with Crippen LogP contribution in [0.5, 0.6) is 0 Å². The van der Waals surface area contributed by atoms with Crippen LogP contribution < -0.4 is 8.85 Å². The smallest absolute Gasteiger partial charge is 0.0663 e. The molecule has 1 heterocycles. The SMILES string of the molecule is Brc1ccc(NI)c(NC2CCOCC2)c1. The Kier molecular flexibility index (Phi) is 4.72.